The van der Waals surface area contributed by atoms with Crippen LogP contribution in [0.15, 0.2) is 0 Å². The predicted octanol–water partition coefficient (Wildman–Crippen LogP) is -0.909. The van der Waals surface area contributed by atoms with Crippen LogP contribution in [-0.4, -0.2) is 38.7 Å². The predicted molar refractivity (Wildman–Crippen MR) is 52.7 cm³/mol. The highest BCUT2D eigenvalue weighted by atomic mass is 16.5. The highest BCUT2D eigenvalue weighted by Crippen LogP contribution is 2.23. The van der Waals surface area contributed by atoms with Gasteiger partial charge in [0.2, 0.25) is 0 Å². The molecule has 0 aliphatic carbocycles. The summed E-state index contributed by atoms with van der Waals surface area (Å²) in [6.45, 7) is 6.80. The van der Waals surface area contributed by atoms with Crippen molar-refractivity contribution in [3.05, 3.63) is 0 Å². The lowest BCUT2D eigenvalue weighted by molar-refractivity contribution is -0.106. The molecule has 0 bridgehead atoms. The molecule has 4 N–H and O–H groups in total. The Morgan fingerprint density at radius 1 is 1.14 bits per heavy atom. The van der Waals surface area contributed by atoms with Gasteiger partial charge in [-0.1, -0.05) is 6.42 Å². The van der Waals surface area contributed by atoms with Crippen molar-refractivity contribution in [2.24, 2.45) is 0 Å². The molecule has 0 radical (unpaired) electrons. The molecule has 0 rings (SSSR count). The number of rotatable bonds is 2. The summed E-state index contributed by atoms with van der Waals surface area (Å²) < 4.78 is 4.87. The summed E-state index contributed by atoms with van der Waals surface area (Å²) in [4.78, 5) is 0. The second-order valence-electron chi connectivity index (χ2n) is 3.64. The molecule has 5 nitrogen and oxygen atoms in total. The van der Waals surface area contributed by atoms with Gasteiger partial charge in [-0.05, 0) is 27.7 Å². The fraction of sp³-hybridized carbons (Fsp3) is 0.750. The summed E-state index contributed by atoms with van der Waals surface area (Å²) in [6.07, 6.45) is 6.98. The van der Waals surface area contributed by atoms with Crippen LogP contribution in [0, 0.1) is 12.5 Å². The van der Waals surface area contributed by atoms with E-state index in [-0.39, 0.29) is 0 Å². The molecule has 0 saturated carbocycles. The van der Waals surface area contributed by atoms with E-state index in [4.69, 9.17) is 26.2 Å². The first kappa shape index (κ1) is 15.7. The fourth-order valence-electron chi connectivity index (χ4n) is 0.272. The van der Waals surface area contributed by atoms with Crippen LogP contribution in [0.4, 0.5) is 0 Å². The van der Waals surface area contributed by atoms with E-state index < -0.39 is 18.5 Å². The Morgan fingerprint density at radius 2 is 1.43 bits per heavy atom. The van der Waals surface area contributed by atoms with Crippen molar-refractivity contribution in [3.8, 4) is 12.5 Å². The Labute approximate surface area is 84.5 Å². The molecule has 0 aromatic heterocycles. The molecule has 0 unspecified atom stereocenters. The van der Waals surface area contributed by atoms with Gasteiger partial charge in [0.15, 0.2) is 0 Å². The number of hydrogen-bond donors (Lipinski definition) is 4. The molecule has 0 aromatic rings. The number of hydrogen-bond acceptors (Lipinski definition) is 5. The Kier molecular flexibility index (Phi) is 6.61. The average Bonchev–Trinajstić information content (AvgIpc) is 1.82. The average molecular weight is 204 g/mol. The van der Waals surface area contributed by atoms with Gasteiger partial charge < -0.3 is 24.9 Å². The molecule has 0 aromatic carbocycles. The van der Waals surface area contributed by atoms with Gasteiger partial charge in [0.25, 0.3) is 0 Å². The third-order valence-corrected chi connectivity index (χ3v) is 1.79. The van der Waals surface area contributed by atoms with Crippen LogP contribution in [0.3, 0.4) is 0 Å². The van der Waals surface area contributed by atoms with E-state index in [9.17, 15) is 5.11 Å². The highest BCUT2D eigenvalue weighted by molar-refractivity contribution is 6.30. The zero-order chi connectivity index (χ0) is 12.0. The van der Waals surface area contributed by atoms with E-state index in [2.05, 4.69) is 6.11 Å². The Balaban J connectivity index is 0. The molecule has 0 amide bonds. The standard InChI is InChI=1S/C8H14O2.BH3O3/c1-6-10-8(4,5)7(2,3)9;2-1(3)4/h1,9H,2-5H3;2-4H. The van der Waals surface area contributed by atoms with E-state index in [1.807, 2.05) is 0 Å². The lowest BCUT2D eigenvalue weighted by Crippen LogP contribution is -2.46. The third kappa shape index (κ3) is 7.89. The molecule has 0 aliphatic rings. The maximum atomic E-state index is 9.46. The fourth-order valence-corrected chi connectivity index (χ4v) is 0.272. The smallest absolute Gasteiger partial charge is 0.438 e. The first-order valence-corrected chi connectivity index (χ1v) is 3.95. The van der Waals surface area contributed by atoms with E-state index in [0.717, 1.165) is 0 Å². The lowest BCUT2D eigenvalue weighted by Gasteiger charge is -2.34. The minimum absolute atomic E-state index is 0.693. The molecule has 0 heterocycles. The largest absolute Gasteiger partial charge is 0.631 e. The zero-order valence-electron chi connectivity index (χ0n) is 8.85. The van der Waals surface area contributed by atoms with Crippen molar-refractivity contribution < 1.29 is 24.9 Å². The van der Waals surface area contributed by atoms with Crippen molar-refractivity contribution >= 4 is 7.32 Å². The van der Waals surface area contributed by atoms with E-state index in [1.54, 1.807) is 27.7 Å². The molecular formula is C8H17BO5. The van der Waals surface area contributed by atoms with Crippen LogP contribution >= 0.6 is 0 Å². The number of aliphatic hydroxyl groups is 1. The van der Waals surface area contributed by atoms with Crippen LogP contribution in [0.5, 0.6) is 0 Å². The summed E-state index contributed by atoms with van der Waals surface area (Å²) in [5.74, 6) is 0. The van der Waals surface area contributed by atoms with Crippen LogP contribution in [0.2, 0.25) is 0 Å². The van der Waals surface area contributed by atoms with Gasteiger partial charge in [0, 0.05) is 0 Å². The van der Waals surface area contributed by atoms with Gasteiger partial charge in [-0.25, -0.2) is 0 Å². The summed E-state index contributed by atoms with van der Waals surface area (Å²) in [7, 11) is -2.17. The molecule has 0 aliphatic heterocycles. The van der Waals surface area contributed by atoms with Gasteiger partial charge in [-0.3, -0.25) is 0 Å². The summed E-state index contributed by atoms with van der Waals surface area (Å²) in [5.41, 5.74) is -1.61. The molecule has 6 heteroatoms. The Bertz CT molecular complexity index is 186. The quantitative estimate of drug-likeness (QED) is 0.345. The normalized spacial score (nSPS) is 10.8. The topological polar surface area (TPSA) is 90.2 Å². The van der Waals surface area contributed by atoms with Crippen LogP contribution < -0.4 is 0 Å². The second kappa shape index (κ2) is 5.88. The minimum Gasteiger partial charge on any atom is -0.438 e. The van der Waals surface area contributed by atoms with Crippen molar-refractivity contribution in [2.75, 3.05) is 0 Å². The van der Waals surface area contributed by atoms with Crippen molar-refractivity contribution in [1.82, 2.24) is 0 Å². The minimum atomic E-state index is -2.17. The Morgan fingerprint density at radius 3 is 1.50 bits per heavy atom. The van der Waals surface area contributed by atoms with Crippen molar-refractivity contribution in [3.63, 3.8) is 0 Å². The maximum absolute atomic E-state index is 9.46. The number of ether oxygens (including phenoxy) is 1. The molecule has 82 valence electrons. The van der Waals surface area contributed by atoms with Gasteiger partial charge in [0.05, 0.1) is 5.60 Å². The van der Waals surface area contributed by atoms with Crippen molar-refractivity contribution in [2.45, 2.75) is 38.9 Å². The lowest BCUT2D eigenvalue weighted by atomic mass is 9.90. The third-order valence-electron chi connectivity index (χ3n) is 1.79. The van der Waals surface area contributed by atoms with Gasteiger partial charge in [-0.2, -0.15) is 0 Å². The molecule has 0 spiro atoms. The highest BCUT2D eigenvalue weighted by Gasteiger charge is 2.36. The summed E-state index contributed by atoms with van der Waals surface area (Å²) in [6, 6.07) is 0. The van der Waals surface area contributed by atoms with Gasteiger partial charge in [-0.15, -0.1) is 0 Å². The van der Waals surface area contributed by atoms with E-state index >= 15 is 0 Å². The van der Waals surface area contributed by atoms with E-state index in [1.165, 1.54) is 0 Å². The Hall–Kier alpha value is -0.735. The summed E-state index contributed by atoms with van der Waals surface area (Å²) >= 11 is 0. The SMILES string of the molecule is C#COC(C)(C)C(C)(C)O.OB(O)O. The van der Waals surface area contributed by atoms with Crippen LogP contribution in [0.25, 0.3) is 0 Å². The zero-order valence-corrected chi connectivity index (χ0v) is 8.85. The molecule has 0 fully saturated rings. The van der Waals surface area contributed by atoms with Crippen LogP contribution in [-0.2, 0) is 4.74 Å². The number of terminal acetylenes is 1. The van der Waals surface area contributed by atoms with Gasteiger partial charge >= 0.3 is 7.32 Å². The molecular weight excluding hydrogens is 187 g/mol. The summed E-state index contributed by atoms with van der Waals surface area (Å²) in [5, 5.41) is 31.0. The molecule has 14 heavy (non-hydrogen) atoms. The maximum Gasteiger partial charge on any atom is 0.631 e. The molecule has 0 atom stereocenters. The second-order valence-corrected chi connectivity index (χ2v) is 3.64. The van der Waals surface area contributed by atoms with E-state index in [0.29, 0.717) is 0 Å². The first-order chi connectivity index (χ1) is 6.04. The monoisotopic (exact) mass is 204 g/mol. The first-order valence-electron chi connectivity index (χ1n) is 3.95. The molecule has 0 saturated heterocycles. The van der Waals surface area contributed by atoms with Crippen molar-refractivity contribution in [1.29, 1.82) is 0 Å². The van der Waals surface area contributed by atoms with Crippen LogP contribution in [0.1, 0.15) is 27.7 Å². The van der Waals surface area contributed by atoms with Gasteiger partial charge in [0.1, 0.15) is 11.7 Å².